The Bertz CT molecular complexity index is 714. The number of rotatable bonds is 4. The molecule has 0 saturated carbocycles. The Morgan fingerprint density at radius 3 is 2.87 bits per heavy atom. The topological polar surface area (TPSA) is 75.2 Å². The van der Waals surface area contributed by atoms with Gasteiger partial charge in [0.25, 0.3) is 0 Å². The van der Waals surface area contributed by atoms with Crippen molar-refractivity contribution in [3.05, 3.63) is 29.8 Å². The van der Waals surface area contributed by atoms with Gasteiger partial charge in [0, 0.05) is 30.6 Å². The molecule has 1 aliphatic rings. The minimum absolute atomic E-state index is 0.0356. The Morgan fingerprint density at radius 2 is 2.22 bits per heavy atom. The molecule has 0 unspecified atom stereocenters. The van der Waals surface area contributed by atoms with Crippen molar-refractivity contribution in [3.8, 4) is 11.4 Å². The first-order valence-electron chi connectivity index (χ1n) is 7.52. The van der Waals surface area contributed by atoms with Crippen molar-refractivity contribution in [2.45, 2.75) is 26.3 Å². The quantitative estimate of drug-likeness (QED) is 0.934. The minimum Gasteiger partial charge on any atom is -0.339 e. The molecule has 1 aliphatic heterocycles. The van der Waals surface area contributed by atoms with E-state index in [2.05, 4.69) is 15.3 Å². The van der Waals surface area contributed by atoms with Gasteiger partial charge >= 0.3 is 0 Å². The molecule has 0 bridgehead atoms. The monoisotopic (exact) mass is 330 g/mol. The predicted octanol–water partition coefficient (Wildman–Crippen LogP) is 2.40. The molecule has 2 aromatic rings. The van der Waals surface area contributed by atoms with Gasteiger partial charge in [-0.1, -0.05) is 6.07 Å². The van der Waals surface area contributed by atoms with E-state index in [-0.39, 0.29) is 30.2 Å². The Balaban J connectivity index is 1.65. The van der Waals surface area contributed by atoms with Crippen LogP contribution in [0.1, 0.15) is 20.3 Å². The average molecular weight is 330 g/mol. The zero-order chi connectivity index (χ0) is 16.4. The zero-order valence-corrected chi connectivity index (χ0v) is 13.8. The molecular formula is C16H18N4O2S. The van der Waals surface area contributed by atoms with Gasteiger partial charge in [-0.15, -0.1) is 11.3 Å². The first kappa shape index (κ1) is 15.6. The van der Waals surface area contributed by atoms with Gasteiger partial charge in [0.2, 0.25) is 11.8 Å². The minimum atomic E-state index is -0.313. The molecule has 1 saturated heterocycles. The molecule has 120 valence electrons. The molecule has 1 fully saturated rings. The fourth-order valence-electron chi connectivity index (χ4n) is 2.58. The van der Waals surface area contributed by atoms with Crippen molar-refractivity contribution in [2.24, 2.45) is 5.92 Å². The number of amides is 2. The second-order valence-electron chi connectivity index (χ2n) is 5.78. The van der Waals surface area contributed by atoms with Crippen molar-refractivity contribution < 1.29 is 9.59 Å². The molecule has 1 N–H and O–H groups in total. The van der Waals surface area contributed by atoms with Crippen LogP contribution in [-0.4, -0.2) is 39.3 Å². The van der Waals surface area contributed by atoms with Crippen molar-refractivity contribution in [2.75, 3.05) is 11.9 Å². The van der Waals surface area contributed by atoms with E-state index < -0.39 is 0 Å². The predicted molar refractivity (Wildman–Crippen MR) is 88.9 cm³/mol. The molecule has 1 atom stereocenters. The second-order valence-corrected chi connectivity index (χ2v) is 6.64. The summed E-state index contributed by atoms with van der Waals surface area (Å²) in [4.78, 5) is 34.6. The normalized spacial score (nSPS) is 17.8. The molecule has 3 rings (SSSR count). The summed E-state index contributed by atoms with van der Waals surface area (Å²) >= 11 is 1.36. The summed E-state index contributed by atoms with van der Waals surface area (Å²) in [5, 5.41) is 5.21. The van der Waals surface area contributed by atoms with E-state index >= 15 is 0 Å². The molecular weight excluding hydrogens is 312 g/mol. The number of pyridine rings is 1. The summed E-state index contributed by atoms with van der Waals surface area (Å²) in [5.41, 5.74) is 1.50. The van der Waals surface area contributed by atoms with Gasteiger partial charge in [-0.2, -0.15) is 0 Å². The van der Waals surface area contributed by atoms with E-state index in [9.17, 15) is 9.59 Å². The molecule has 0 spiro atoms. The van der Waals surface area contributed by atoms with Crippen LogP contribution in [0, 0.1) is 5.92 Å². The lowest BCUT2D eigenvalue weighted by Crippen LogP contribution is -2.33. The van der Waals surface area contributed by atoms with Crippen LogP contribution >= 0.6 is 11.3 Å². The first-order chi connectivity index (χ1) is 11.0. The molecule has 0 aliphatic carbocycles. The molecule has 6 nitrogen and oxygen atoms in total. The van der Waals surface area contributed by atoms with Gasteiger partial charge in [-0.25, -0.2) is 4.98 Å². The maximum atomic E-state index is 12.3. The number of nitrogens with one attached hydrogen (secondary N) is 1. The molecule has 0 radical (unpaired) electrons. The maximum Gasteiger partial charge on any atom is 0.231 e. The number of hydrogen-bond acceptors (Lipinski definition) is 5. The highest BCUT2D eigenvalue weighted by atomic mass is 32.1. The van der Waals surface area contributed by atoms with Crippen LogP contribution in [0.4, 0.5) is 5.13 Å². The third kappa shape index (κ3) is 3.39. The Hall–Kier alpha value is -2.28. The number of hydrogen-bond donors (Lipinski definition) is 1. The lowest BCUT2D eigenvalue weighted by atomic mass is 10.1. The third-order valence-electron chi connectivity index (χ3n) is 3.81. The first-order valence-corrected chi connectivity index (χ1v) is 8.40. The Morgan fingerprint density at radius 1 is 1.39 bits per heavy atom. The highest BCUT2D eigenvalue weighted by molar-refractivity contribution is 7.14. The van der Waals surface area contributed by atoms with Gasteiger partial charge in [-0.05, 0) is 26.0 Å². The van der Waals surface area contributed by atoms with Crippen LogP contribution in [0.15, 0.2) is 29.8 Å². The van der Waals surface area contributed by atoms with Crippen molar-refractivity contribution in [3.63, 3.8) is 0 Å². The maximum absolute atomic E-state index is 12.3. The number of likely N-dealkylation sites (tertiary alicyclic amines) is 1. The van der Waals surface area contributed by atoms with E-state index in [1.165, 1.54) is 11.3 Å². The summed E-state index contributed by atoms with van der Waals surface area (Å²) in [5.74, 6) is -0.427. The van der Waals surface area contributed by atoms with E-state index in [0.717, 1.165) is 11.4 Å². The number of nitrogens with zero attached hydrogens (tertiary/aromatic N) is 3. The largest absolute Gasteiger partial charge is 0.339 e. The van der Waals surface area contributed by atoms with Gasteiger partial charge in [0.05, 0.1) is 11.6 Å². The fraction of sp³-hybridized carbons (Fsp3) is 0.375. The van der Waals surface area contributed by atoms with Crippen molar-refractivity contribution in [1.82, 2.24) is 14.9 Å². The highest BCUT2D eigenvalue weighted by Crippen LogP contribution is 2.25. The summed E-state index contributed by atoms with van der Waals surface area (Å²) in [6, 6.07) is 5.73. The standard InChI is InChI=1S/C16H18N4O2S/c1-10(2)20-8-11(7-14(20)21)15(22)19-16-18-13(9-23-16)12-5-3-4-6-17-12/h3-6,9-11H,7-8H2,1-2H3,(H,18,19,22)/t11-/m1/s1. The van der Waals surface area contributed by atoms with Crippen LogP contribution < -0.4 is 5.32 Å². The van der Waals surface area contributed by atoms with Gasteiger partial charge in [0.15, 0.2) is 5.13 Å². The lowest BCUT2D eigenvalue weighted by Gasteiger charge is -2.20. The molecule has 23 heavy (non-hydrogen) atoms. The summed E-state index contributed by atoms with van der Waals surface area (Å²) in [6.07, 6.45) is 1.97. The molecule has 2 aromatic heterocycles. The van der Waals surface area contributed by atoms with Crippen molar-refractivity contribution >= 4 is 28.3 Å². The Kier molecular flexibility index (Phi) is 4.38. The highest BCUT2D eigenvalue weighted by Gasteiger charge is 2.35. The SMILES string of the molecule is CC(C)N1C[C@H](C(=O)Nc2nc(-c3ccccn3)cs2)CC1=O. The number of thiazole rings is 1. The second kappa shape index (κ2) is 6.45. The Labute approximate surface area is 138 Å². The molecule has 0 aromatic carbocycles. The van der Waals surface area contributed by atoms with Crippen LogP contribution in [0.25, 0.3) is 11.4 Å². The molecule has 3 heterocycles. The van der Waals surface area contributed by atoms with E-state index in [1.807, 2.05) is 37.4 Å². The fourth-order valence-corrected chi connectivity index (χ4v) is 3.28. The summed E-state index contributed by atoms with van der Waals surface area (Å²) < 4.78 is 0. The molecule has 2 amide bonds. The van der Waals surface area contributed by atoms with Crippen LogP contribution in [0.3, 0.4) is 0 Å². The van der Waals surface area contributed by atoms with Crippen LogP contribution in [0.5, 0.6) is 0 Å². The zero-order valence-electron chi connectivity index (χ0n) is 13.0. The average Bonchev–Trinajstić information content (AvgIpc) is 3.15. The molecule has 7 heteroatoms. The number of aromatic nitrogens is 2. The number of carbonyl (C=O) groups is 2. The van der Waals surface area contributed by atoms with Crippen LogP contribution in [0.2, 0.25) is 0 Å². The lowest BCUT2D eigenvalue weighted by molar-refractivity contribution is -0.129. The van der Waals surface area contributed by atoms with Gasteiger partial charge in [-0.3, -0.25) is 14.6 Å². The van der Waals surface area contributed by atoms with Gasteiger partial charge < -0.3 is 10.2 Å². The van der Waals surface area contributed by atoms with E-state index in [1.54, 1.807) is 11.1 Å². The van der Waals surface area contributed by atoms with Gasteiger partial charge in [0.1, 0.15) is 5.69 Å². The van der Waals surface area contributed by atoms with E-state index in [4.69, 9.17) is 0 Å². The third-order valence-corrected chi connectivity index (χ3v) is 4.57. The van der Waals surface area contributed by atoms with Crippen LogP contribution in [-0.2, 0) is 9.59 Å². The summed E-state index contributed by atoms with van der Waals surface area (Å²) in [6.45, 7) is 4.39. The number of carbonyl (C=O) groups excluding carboxylic acids is 2. The van der Waals surface area contributed by atoms with Crippen molar-refractivity contribution in [1.29, 1.82) is 0 Å². The number of anilines is 1. The smallest absolute Gasteiger partial charge is 0.231 e. The summed E-state index contributed by atoms with van der Waals surface area (Å²) in [7, 11) is 0. The van der Waals surface area contributed by atoms with E-state index in [0.29, 0.717) is 11.7 Å².